The van der Waals surface area contributed by atoms with Gasteiger partial charge in [0.05, 0.1) is 26.4 Å². The predicted octanol–water partition coefficient (Wildman–Crippen LogP) is 28.9. The molecule has 16 nitrogen and oxygen atoms in total. The predicted molar refractivity (Wildman–Crippen MR) is 491 cm³/mol. The molecule has 0 fully saturated rings. The zero-order valence-corrected chi connectivity index (χ0v) is 75.9. The highest BCUT2D eigenvalue weighted by molar-refractivity contribution is 7.47. The van der Waals surface area contributed by atoms with Crippen molar-refractivity contribution in [3.63, 3.8) is 0 Å². The Morgan fingerprint density at radius 2 is 0.453 bits per heavy atom. The van der Waals surface area contributed by atoms with Crippen LogP contribution in [0.4, 0.5) is 0 Å². The van der Waals surface area contributed by atoms with E-state index in [1.807, 2.05) is 0 Å². The zero-order chi connectivity index (χ0) is 85.1. The van der Waals surface area contributed by atoms with E-state index >= 15 is 0 Å². The van der Waals surface area contributed by atoms with Crippen LogP contribution < -0.4 is 0 Å². The lowest BCUT2D eigenvalue weighted by atomic mass is 10.0. The minimum atomic E-state index is -4.94. The van der Waals surface area contributed by atoms with Gasteiger partial charge in [-0.2, -0.15) is 0 Å². The van der Waals surface area contributed by atoms with Gasteiger partial charge in [0.25, 0.3) is 0 Å². The van der Waals surface area contributed by atoms with Gasteiger partial charge in [-0.15, -0.1) is 0 Å². The van der Waals surface area contributed by atoms with Crippen molar-refractivity contribution in [3.8, 4) is 0 Å². The summed E-state index contributed by atoms with van der Waals surface area (Å²) in [5, 5.41) is 20.7. The summed E-state index contributed by atoms with van der Waals surface area (Å²) in [5.74, 6) is -1.58. The van der Waals surface area contributed by atoms with Gasteiger partial charge < -0.3 is 34.2 Å². The number of phosphoric acid groups is 2. The van der Waals surface area contributed by atoms with Gasteiger partial charge in [0.1, 0.15) is 25.4 Å². The number of carbonyl (C=O) groups is 3. The van der Waals surface area contributed by atoms with Crippen LogP contribution in [0.25, 0.3) is 0 Å². The average molecular weight is 1680 g/mol. The van der Waals surface area contributed by atoms with Gasteiger partial charge in [-0.25, -0.2) is 9.13 Å². The first-order chi connectivity index (χ1) is 57.2. The summed E-state index contributed by atoms with van der Waals surface area (Å²) in [4.78, 5) is 58.9. The Bertz CT molecular complexity index is 2760. The van der Waals surface area contributed by atoms with Gasteiger partial charge in [-0.05, 0) is 148 Å². The van der Waals surface area contributed by atoms with Crippen molar-refractivity contribution in [1.29, 1.82) is 0 Å². The van der Waals surface area contributed by atoms with E-state index in [0.29, 0.717) is 19.3 Å². The quantitative estimate of drug-likeness (QED) is 0.0146. The van der Waals surface area contributed by atoms with E-state index in [2.05, 4.69) is 179 Å². The minimum Gasteiger partial charge on any atom is -0.463 e. The molecule has 0 aromatic carbocycles. The molecule has 5 atom stereocenters. The Morgan fingerprint density at radius 3 is 0.718 bits per heavy atom. The maximum Gasteiger partial charge on any atom is 0.472 e. The lowest BCUT2D eigenvalue weighted by Crippen LogP contribution is -2.30. The lowest BCUT2D eigenvalue weighted by Gasteiger charge is -2.21. The third-order valence-corrected chi connectivity index (χ3v) is 21.6. The smallest absolute Gasteiger partial charge is 0.463 e. The molecule has 5 unspecified atom stereocenters. The maximum atomic E-state index is 13.0. The topological polar surface area (TPSA) is 231 Å². The highest BCUT2D eigenvalue weighted by Crippen LogP contribution is 2.45. The number of carbonyl (C=O) groups excluding carboxylic acids is 3. The zero-order valence-electron chi connectivity index (χ0n) is 74.1. The maximum absolute atomic E-state index is 13.0. The Labute approximate surface area is 714 Å². The number of esters is 3. The first-order valence-corrected chi connectivity index (χ1v) is 49.8. The van der Waals surface area contributed by atoms with Crippen molar-refractivity contribution in [2.75, 3.05) is 39.6 Å². The van der Waals surface area contributed by atoms with E-state index in [4.69, 9.17) is 32.3 Å². The Hall–Kier alpha value is -4.83. The molecule has 0 bridgehead atoms. The number of unbranched alkanes of at least 4 members (excludes halogenated alkanes) is 39. The molecule has 0 aliphatic heterocycles. The highest BCUT2D eigenvalue weighted by atomic mass is 31.2. The molecule has 0 rings (SSSR count). The largest absolute Gasteiger partial charge is 0.472 e. The normalized spacial score (nSPS) is 14.5. The number of hydrogen-bond acceptors (Lipinski definition) is 14. The molecular weight excluding hydrogens is 1510 g/mol. The summed E-state index contributed by atoms with van der Waals surface area (Å²) in [7, 11) is -9.81. The van der Waals surface area contributed by atoms with Crippen molar-refractivity contribution in [2.45, 2.75) is 411 Å². The molecule has 0 aromatic rings. The average Bonchev–Trinajstić information content (AvgIpc) is 0.865. The number of hydrogen-bond donors (Lipinski definition) is 4. The van der Waals surface area contributed by atoms with Crippen LogP contribution in [0, 0.1) is 0 Å². The second-order valence-corrected chi connectivity index (χ2v) is 34.0. The van der Waals surface area contributed by atoms with Gasteiger partial charge >= 0.3 is 33.6 Å². The van der Waals surface area contributed by atoms with Crippen LogP contribution in [0.3, 0.4) is 0 Å². The van der Waals surface area contributed by atoms with Gasteiger partial charge in [0.15, 0.2) is 6.10 Å². The van der Waals surface area contributed by atoms with Crippen LogP contribution in [0.5, 0.6) is 0 Å². The van der Waals surface area contributed by atoms with E-state index in [0.717, 1.165) is 167 Å². The molecule has 0 heterocycles. The first kappa shape index (κ1) is 112. The number of aliphatic hydroxyl groups is 2. The van der Waals surface area contributed by atoms with Crippen molar-refractivity contribution in [3.05, 3.63) is 158 Å². The molecule has 0 saturated heterocycles. The van der Waals surface area contributed by atoms with Crippen LogP contribution in [0.2, 0.25) is 0 Å². The number of rotatable bonds is 88. The van der Waals surface area contributed by atoms with Crippen molar-refractivity contribution in [2.24, 2.45) is 0 Å². The highest BCUT2D eigenvalue weighted by Gasteiger charge is 2.29. The Kier molecular flexibility index (Phi) is 86.7. The first-order valence-electron chi connectivity index (χ1n) is 46.8. The fourth-order valence-corrected chi connectivity index (χ4v) is 14.3. The molecule has 18 heteroatoms. The summed E-state index contributed by atoms with van der Waals surface area (Å²) in [6.07, 6.45) is 116. The van der Waals surface area contributed by atoms with Crippen LogP contribution >= 0.6 is 15.6 Å². The second-order valence-electron chi connectivity index (χ2n) is 31.0. The van der Waals surface area contributed by atoms with E-state index in [1.165, 1.54) is 167 Å². The van der Waals surface area contributed by atoms with Gasteiger partial charge in [-0.1, -0.05) is 384 Å². The van der Waals surface area contributed by atoms with Crippen molar-refractivity contribution < 1.29 is 75.8 Å². The van der Waals surface area contributed by atoms with Crippen LogP contribution in [-0.4, -0.2) is 95.9 Å². The molecule has 4 N–H and O–H groups in total. The molecule has 0 spiro atoms. The lowest BCUT2D eigenvalue weighted by molar-refractivity contribution is -0.161. The molecule has 117 heavy (non-hydrogen) atoms. The minimum absolute atomic E-state index is 0.0864. The fourth-order valence-electron chi connectivity index (χ4n) is 12.7. The molecule has 0 aliphatic carbocycles. The summed E-state index contributed by atoms with van der Waals surface area (Å²) in [6.45, 7) is 2.46. The number of ether oxygens (including phenoxy) is 3. The molecule has 0 aliphatic rings. The summed E-state index contributed by atoms with van der Waals surface area (Å²) in [5.41, 5.74) is 0. The molecule has 672 valence electrons. The molecule has 0 aromatic heterocycles. The monoisotopic (exact) mass is 1680 g/mol. The summed E-state index contributed by atoms with van der Waals surface area (Å²) >= 11 is 0. The molecule has 0 amide bonds. The van der Waals surface area contributed by atoms with E-state index in [1.54, 1.807) is 0 Å². The SMILES string of the molecule is CC/C=C\C/C=C\C/C=C\C/C=C\C/C=C\C/C=C\CCCCCCCCCCCCCCC(=O)OCC(COP(=O)(O)OCC(O)COP(=O)(O)OCC(O)COC(=O)CCCCCCCCCCCCCCCCCCCCC/C=C\C/C=C\C/C=C\C/C=C\C/C=C\CC)OC(=O)CCCCCCC/C=C\C/C=C\CCCCC. The second kappa shape index (κ2) is 90.4. The number of aliphatic hydroxyl groups excluding tert-OH is 2. The van der Waals surface area contributed by atoms with Crippen LogP contribution in [-0.2, 0) is 55.8 Å². The molecule has 0 radical (unpaired) electrons. The third-order valence-electron chi connectivity index (χ3n) is 19.7. The van der Waals surface area contributed by atoms with Crippen molar-refractivity contribution >= 4 is 33.6 Å². The van der Waals surface area contributed by atoms with Crippen LogP contribution in [0.15, 0.2) is 158 Å². The van der Waals surface area contributed by atoms with E-state index in [-0.39, 0.29) is 19.3 Å². The number of allylic oxidation sites excluding steroid dienone is 26. The van der Waals surface area contributed by atoms with E-state index in [9.17, 15) is 43.5 Å². The van der Waals surface area contributed by atoms with Crippen molar-refractivity contribution in [1.82, 2.24) is 0 Å². The van der Waals surface area contributed by atoms with Gasteiger partial charge in [0.2, 0.25) is 0 Å². The molecular formula is C99H170O16P2. The standard InChI is InChI=1S/C99H170O16P2/c1-4-7-10-13-16-19-22-25-28-30-32-34-36-38-40-42-44-45-46-47-49-51-52-54-56-58-60-62-65-67-70-73-76-79-82-85-97(102)109-88-94(100)89-111-116(105,106)112-90-95(101)91-113-117(107,108)114-93-96(115-99(104)87-84-81-78-75-72-69-64-27-24-21-18-15-12-9-6-3)92-110-98(103)86-83-80-77-74-71-68-66-63-61-59-57-55-53-50-48-43-41-39-37-35-33-31-29-26-23-20-17-14-11-8-5-2/h7-8,10-11,16-21,25-29,32-35,38-41,48,50,64,94-96,100-101H,4-6,9,12-15,22-24,30-31,36-37,42-47,49,51-63,65-93H2,1-3H3,(H,105,106)(H,107,108)/b10-7-,11-8-,19-16-,20-17-,21-18-,28-25-,29-26-,34-32-,35-33-,40-38-,41-39-,50-48-,64-27-. The van der Waals surface area contributed by atoms with E-state index < -0.39 is 91.5 Å². The number of phosphoric ester groups is 2. The molecule has 0 saturated carbocycles. The van der Waals surface area contributed by atoms with Gasteiger partial charge in [-0.3, -0.25) is 32.5 Å². The summed E-state index contributed by atoms with van der Waals surface area (Å²) < 4.78 is 61.4. The third kappa shape index (κ3) is 91.7. The Morgan fingerprint density at radius 1 is 0.248 bits per heavy atom. The van der Waals surface area contributed by atoms with Crippen LogP contribution in [0.1, 0.15) is 393 Å². The van der Waals surface area contributed by atoms with Gasteiger partial charge in [0, 0.05) is 19.3 Å². The fraction of sp³-hybridized carbons (Fsp3) is 0.707. The summed E-state index contributed by atoms with van der Waals surface area (Å²) in [6, 6.07) is 0. The Balaban J connectivity index is 4.43.